The first kappa shape index (κ1) is 29.2. The first-order valence-corrected chi connectivity index (χ1v) is 15.8. The van der Waals surface area contributed by atoms with Crippen molar-refractivity contribution >= 4 is 46.2 Å². The molecule has 9 nitrogen and oxygen atoms in total. The summed E-state index contributed by atoms with van der Waals surface area (Å²) < 4.78 is 32.9. The lowest BCUT2D eigenvalue weighted by Crippen LogP contribution is -2.57. The van der Waals surface area contributed by atoms with Crippen LogP contribution in [0.25, 0.3) is 22.2 Å². The molecule has 2 bridgehead atoms. The Morgan fingerprint density at radius 3 is 2.48 bits per heavy atom. The fraction of sp³-hybridized carbons (Fsp3) is 0.533. The number of pyridine rings is 1. The third-order valence-corrected chi connectivity index (χ3v) is 8.76. The van der Waals surface area contributed by atoms with Crippen molar-refractivity contribution in [2.45, 2.75) is 75.2 Å². The second-order valence-electron chi connectivity index (χ2n) is 12.1. The number of halogens is 2. The summed E-state index contributed by atoms with van der Waals surface area (Å²) in [5.41, 5.74) is 1.30. The molecule has 2 aromatic heterocycles. The molecule has 2 saturated heterocycles. The predicted octanol–water partition coefficient (Wildman–Crippen LogP) is 6.65. The monoisotopic (exact) mass is 615 g/mol. The minimum absolute atomic E-state index is 0.0171. The third-order valence-electron chi connectivity index (χ3n) is 7.90. The van der Waals surface area contributed by atoms with E-state index in [2.05, 4.69) is 14.9 Å². The number of piperazine rings is 1. The molecule has 12 heteroatoms. The summed E-state index contributed by atoms with van der Waals surface area (Å²) in [5.74, 6) is 0.832. The number of methoxy groups -OCH3 is 1. The zero-order valence-electron chi connectivity index (χ0n) is 24.4. The van der Waals surface area contributed by atoms with E-state index in [1.165, 1.54) is 18.9 Å². The van der Waals surface area contributed by atoms with Gasteiger partial charge in [0.25, 0.3) is 0 Å². The van der Waals surface area contributed by atoms with Gasteiger partial charge in [0, 0.05) is 37.0 Å². The highest BCUT2D eigenvalue weighted by molar-refractivity contribution is 7.98. The summed E-state index contributed by atoms with van der Waals surface area (Å²) in [5, 5.41) is 1.52. The number of aromatic nitrogens is 3. The third kappa shape index (κ3) is 5.58. The summed E-state index contributed by atoms with van der Waals surface area (Å²) in [6.45, 7) is 6.81. The van der Waals surface area contributed by atoms with E-state index in [-0.39, 0.29) is 42.1 Å². The van der Waals surface area contributed by atoms with E-state index in [4.69, 9.17) is 30.8 Å². The quantitative estimate of drug-likeness (QED) is 0.164. The van der Waals surface area contributed by atoms with Crippen molar-refractivity contribution in [2.24, 2.45) is 0 Å². The second kappa shape index (κ2) is 11.3. The minimum atomic E-state index is -0.566. The average molecular weight is 616 g/mol. The smallest absolute Gasteiger partial charge is 0.410 e. The molecular weight excluding hydrogens is 581 g/mol. The van der Waals surface area contributed by atoms with Crippen molar-refractivity contribution in [2.75, 3.05) is 38.1 Å². The molecule has 1 aliphatic carbocycles. The Hall–Kier alpha value is -2.89. The van der Waals surface area contributed by atoms with Gasteiger partial charge in [0.1, 0.15) is 28.4 Å². The van der Waals surface area contributed by atoms with Gasteiger partial charge in [-0.1, -0.05) is 23.4 Å². The summed E-state index contributed by atoms with van der Waals surface area (Å²) in [7, 11) is 1.54. The van der Waals surface area contributed by atoms with Gasteiger partial charge < -0.3 is 19.1 Å². The molecular formula is C30H35ClFN5O4S. The lowest BCUT2D eigenvalue weighted by Gasteiger charge is -2.42. The van der Waals surface area contributed by atoms with Crippen LogP contribution in [0.5, 0.6) is 5.75 Å². The lowest BCUT2D eigenvalue weighted by atomic mass is 9.98. The van der Waals surface area contributed by atoms with Crippen LogP contribution in [0.2, 0.25) is 5.02 Å². The Balaban J connectivity index is 1.39. The van der Waals surface area contributed by atoms with Gasteiger partial charge in [-0.05, 0) is 76.3 Å². The molecule has 2 aliphatic heterocycles. The molecule has 224 valence electrons. The maximum Gasteiger partial charge on any atom is 0.410 e. The Kier molecular flexibility index (Phi) is 7.86. The number of ether oxygens (including phenoxy) is 3. The van der Waals surface area contributed by atoms with E-state index in [0.29, 0.717) is 45.8 Å². The van der Waals surface area contributed by atoms with E-state index >= 15 is 4.39 Å². The van der Waals surface area contributed by atoms with Crippen molar-refractivity contribution in [3.8, 4) is 17.0 Å². The van der Waals surface area contributed by atoms with Gasteiger partial charge >= 0.3 is 6.09 Å². The topological polar surface area (TPSA) is 89.9 Å². The summed E-state index contributed by atoms with van der Waals surface area (Å²) in [4.78, 5) is 31.1. The highest BCUT2D eigenvalue weighted by Gasteiger charge is 2.45. The van der Waals surface area contributed by atoms with Crippen LogP contribution in [0.3, 0.4) is 0 Å². The molecule has 6 rings (SSSR count). The van der Waals surface area contributed by atoms with Crippen molar-refractivity contribution in [1.29, 1.82) is 0 Å². The molecule has 2 unspecified atom stereocenters. The molecule has 1 amide bonds. The van der Waals surface area contributed by atoms with Gasteiger partial charge in [-0.25, -0.2) is 19.2 Å². The van der Waals surface area contributed by atoms with Crippen molar-refractivity contribution < 1.29 is 23.4 Å². The zero-order chi connectivity index (χ0) is 29.8. The number of thioether (sulfide) groups is 1. The number of benzene rings is 1. The number of carbonyl (C=O) groups excluding carboxylic acids is 1. The lowest BCUT2D eigenvalue weighted by molar-refractivity contribution is 0.0123. The van der Waals surface area contributed by atoms with Gasteiger partial charge in [-0.3, -0.25) is 9.88 Å². The molecule has 0 spiro atoms. The maximum absolute atomic E-state index is 16.5. The van der Waals surface area contributed by atoms with Crippen LogP contribution >= 0.6 is 23.4 Å². The van der Waals surface area contributed by atoms with Crippen molar-refractivity contribution in [1.82, 2.24) is 19.9 Å². The Morgan fingerprint density at radius 1 is 1.14 bits per heavy atom. The molecule has 4 heterocycles. The molecule has 42 heavy (non-hydrogen) atoms. The largest absolute Gasteiger partial charge is 0.467 e. The van der Waals surface area contributed by atoms with Crippen LogP contribution in [0.4, 0.5) is 15.0 Å². The molecule has 3 aromatic rings. The number of hydrogen-bond donors (Lipinski definition) is 0. The highest BCUT2D eigenvalue weighted by Crippen LogP contribution is 2.49. The second-order valence-corrected chi connectivity index (χ2v) is 13.3. The first-order valence-electron chi connectivity index (χ1n) is 14.2. The van der Waals surface area contributed by atoms with E-state index < -0.39 is 11.4 Å². The first-order chi connectivity index (χ1) is 20.1. The van der Waals surface area contributed by atoms with E-state index in [9.17, 15) is 4.79 Å². The Bertz CT molecular complexity index is 1520. The zero-order valence-corrected chi connectivity index (χ0v) is 26.0. The molecule has 2 atom stereocenters. The number of rotatable bonds is 7. The van der Waals surface area contributed by atoms with Crippen LogP contribution in [0.1, 0.15) is 57.9 Å². The number of anilines is 1. The molecule has 0 radical (unpaired) electrons. The van der Waals surface area contributed by atoms with Gasteiger partial charge in [0.15, 0.2) is 17.8 Å². The SMILES string of the molecule is COCOc1cc(Cl)c(C2CC2)c(-c2ncc3c(N4CC5CCC(C4)N5C(=O)OC(C)(C)C)nc(SC)nc3c2F)c1. The van der Waals surface area contributed by atoms with Crippen LogP contribution in [0.15, 0.2) is 23.5 Å². The van der Waals surface area contributed by atoms with Crippen LogP contribution in [-0.4, -0.2) is 76.9 Å². The van der Waals surface area contributed by atoms with Crippen molar-refractivity contribution in [3.05, 3.63) is 34.7 Å². The van der Waals surface area contributed by atoms with Crippen LogP contribution in [-0.2, 0) is 9.47 Å². The number of amides is 1. The number of hydrogen-bond acceptors (Lipinski definition) is 9. The number of carbonyl (C=O) groups is 1. The fourth-order valence-corrected chi connectivity index (χ4v) is 6.74. The average Bonchev–Trinajstić information content (AvgIpc) is 3.74. The maximum atomic E-state index is 16.5. The van der Waals surface area contributed by atoms with Gasteiger partial charge in [0.05, 0.1) is 17.5 Å². The molecule has 0 N–H and O–H groups in total. The summed E-state index contributed by atoms with van der Waals surface area (Å²) in [6.07, 6.45) is 6.97. The van der Waals surface area contributed by atoms with Gasteiger partial charge in [-0.2, -0.15) is 0 Å². The number of nitrogens with zero attached hydrogens (tertiary/aromatic N) is 5. The van der Waals surface area contributed by atoms with Gasteiger partial charge in [-0.15, -0.1) is 0 Å². The van der Waals surface area contributed by atoms with Crippen LogP contribution < -0.4 is 9.64 Å². The minimum Gasteiger partial charge on any atom is -0.467 e. The van der Waals surface area contributed by atoms with Gasteiger partial charge in [0.2, 0.25) is 0 Å². The van der Waals surface area contributed by atoms with Crippen molar-refractivity contribution in [3.63, 3.8) is 0 Å². The Morgan fingerprint density at radius 2 is 1.86 bits per heavy atom. The van der Waals surface area contributed by atoms with E-state index in [1.54, 1.807) is 18.3 Å². The summed E-state index contributed by atoms with van der Waals surface area (Å²) in [6, 6.07) is 3.49. The summed E-state index contributed by atoms with van der Waals surface area (Å²) >= 11 is 8.06. The Labute approximate surface area is 254 Å². The number of fused-ring (bicyclic) bond motifs is 3. The van der Waals surface area contributed by atoms with Crippen LogP contribution in [0, 0.1) is 5.82 Å². The molecule has 1 aromatic carbocycles. The molecule has 3 aliphatic rings. The fourth-order valence-electron chi connectivity index (χ4n) is 6.02. The normalized spacial score (nSPS) is 20.4. The van der Waals surface area contributed by atoms with E-state index in [1.807, 2.05) is 31.9 Å². The molecule has 1 saturated carbocycles. The predicted molar refractivity (Wildman–Crippen MR) is 161 cm³/mol. The highest BCUT2D eigenvalue weighted by atomic mass is 35.5. The standard InChI is InChI=1S/C30H35ClFN5O4S/c1-30(2,3)41-29(38)37-17-8-9-18(37)14-36(13-17)27-21-12-33-25(24(32)26(21)34-28(35-27)42-5)20-10-19(40-15-39-4)11-22(31)23(20)16-6-7-16/h10-12,16-18H,6-9,13-15H2,1-5H3. The molecule has 3 fully saturated rings. The van der Waals surface area contributed by atoms with E-state index in [0.717, 1.165) is 31.2 Å².